The van der Waals surface area contributed by atoms with Crippen LogP contribution in [0.2, 0.25) is 0 Å². The SMILES string of the molecule is CC(C)(C)c1ccc(OCc2nnc(-c3cccc(Br)c3)o2)cc1. The van der Waals surface area contributed by atoms with Gasteiger partial charge < -0.3 is 9.15 Å². The molecule has 0 aliphatic carbocycles. The minimum absolute atomic E-state index is 0.129. The van der Waals surface area contributed by atoms with Crippen LogP contribution in [0.3, 0.4) is 0 Å². The third-order valence-corrected chi connectivity index (χ3v) is 4.11. The fourth-order valence-electron chi connectivity index (χ4n) is 2.25. The van der Waals surface area contributed by atoms with Crippen molar-refractivity contribution in [3.8, 4) is 17.2 Å². The molecule has 3 aromatic rings. The molecule has 0 aliphatic heterocycles. The van der Waals surface area contributed by atoms with Crippen LogP contribution in [0.15, 0.2) is 57.4 Å². The smallest absolute Gasteiger partial charge is 0.254 e. The van der Waals surface area contributed by atoms with E-state index in [2.05, 4.69) is 59.0 Å². The molecule has 1 aromatic heterocycles. The van der Waals surface area contributed by atoms with Gasteiger partial charge in [0.2, 0.25) is 5.89 Å². The molecule has 0 spiro atoms. The van der Waals surface area contributed by atoms with Gasteiger partial charge in [0, 0.05) is 10.0 Å². The van der Waals surface area contributed by atoms with E-state index in [4.69, 9.17) is 9.15 Å². The van der Waals surface area contributed by atoms with E-state index in [9.17, 15) is 0 Å². The largest absolute Gasteiger partial charge is 0.484 e. The summed E-state index contributed by atoms with van der Waals surface area (Å²) in [6.07, 6.45) is 0. The van der Waals surface area contributed by atoms with E-state index < -0.39 is 0 Å². The molecule has 0 radical (unpaired) electrons. The molecule has 0 saturated heterocycles. The molecule has 2 aromatic carbocycles. The van der Waals surface area contributed by atoms with E-state index in [0.29, 0.717) is 11.8 Å². The molecule has 0 unspecified atom stereocenters. The molecule has 1 heterocycles. The number of rotatable bonds is 4. The zero-order valence-electron chi connectivity index (χ0n) is 13.9. The average Bonchev–Trinajstić information content (AvgIpc) is 3.01. The van der Waals surface area contributed by atoms with Crippen LogP contribution in [0.25, 0.3) is 11.5 Å². The Labute approximate surface area is 150 Å². The second-order valence-electron chi connectivity index (χ2n) is 6.57. The first kappa shape index (κ1) is 16.7. The van der Waals surface area contributed by atoms with Crippen molar-refractivity contribution in [1.82, 2.24) is 10.2 Å². The monoisotopic (exact) mass is 386 g/mol. The Morgan fingerprint density at radius 2 is 1.79 bits per heavy atom. The molecule has 3 rings (SSSR count). The van der Waals surface area contributed by atoms with Crippen LogP contribution in [0, 0.1) is 0 Å². The Balaban J connectivity index is 1.65. The summed E-state index contributed by atoms with van der Waals surface area (Å²) in [5.74, 6) is 1.72. The Kier molecular flexibility index (Phi) is 4.71. The van der Waals surface area contributed by atoms with Crippen molar-refractivity contribution in [3.05, 3.63) is 64.5 Å². The summed E-state index contributed by atoms with van der Waals surface area (Å²) in [6.45, 7) is 6.80. The molecule has 0 saturated carbocycles. The topological polar surface area (TPSA) is 48.2 Å². The highest BCUT2D eigenvalue weighted by molar-refractivity contribution is 9.10. The highest BCUT2D eigenvalue weighted by Gasteiger charge is 2.13. The minimum Gasteiger partial charge on any atom is -0.484 e. The summed E-state index contributed by atoms with van der Waals surface area (Å²) in [4.78, 5) is 0. The highest BCUT2D eigenvalue weighted by atomic mass is 79.9. The van der Waals surface area contributed by atoms with Crippen LogP contribution in [0.5, 0.6) is 5.75 Å². The van der Waals surface area contributed by atoms with Crippen LogP contribution in [-0.2, 0) is 12.0 Å². The molecule has 0 amide bonds. The molecular weight excluding hydrogens is 368 g/mol. The Hall–Kier alpha value is -2.14. The maximum absolute atomic E-state index is 5.73. The quantitative estimate of drug-likeness (QED) is 0.604. The van der Waals surface area contributed by atoms with Gasteiger partial charge in [0.25, 0.3) is 5.89 Å². The van der Waals surface area contributed by atoms with Crippen molar-refractivity contribution in [2.24, 2.45) is 0 Å². The lowest BCUT2D eigenvalue weighted by Crippen LogP contribution is -2.10. The normalized spacial score (nSPS) is 11.5. The van der Waals surface area contributed by atoms with Crippen molar-refractivity contribution in [3.63, 3.8) is 0 Å². The molecule has 0 fully saturated rings. The molecule has 24 heavy (non-hydrogen) atoms. The van der Waals surface area contributed by atoms with Gasteiger partial charge in [-0.1, -0.05) is 54.9 Å². The third kappa shape index (κ3) is 4.03. The lowest BCUT2D eigenvalue weighted by atomic mass is 9.87. The second-order valence-corrected chi connectivity index (χ2v) is 7.49. The first-order valence-electron chi connectivity index (χ1n) is 7.73. The molecular formula is C19H19BrN2O2. The number of aromatic nitrogens is 2. The fraction of sp³-hybridized carbons (Fsp3) is 0.263. The summed E-state index contributed by atoms with van der Waals surface area (Å²) in [6, 6.07) is 15.8. The molecule has 0 atom stereocenters. The van der Waals surface area contributed by atoms with Gasteiger partial charge in [-0.3, -0.25) is 0 Å². The zero-order valence-corrected chi connectivity index (χ0v) is 15.5. The van der Waals surface area contributed by atoms with Gasteiger partial charge in [0.15, 0.2) is 6.61 Å². The number of nitrogens with zero attached hydrogens (tertiary/aromatic N) is 2. The van der Waals surface area contributed by atoms with Crippen molar-refractivity contribution in [2.75, 3.05) is 0 Å². The standard InChI is InChI=1S/C19H19BrN2O2/c1-19(2,3)14-7-9-16(10-8-14)23-12-17-21-22-18(24-17)13-5-4-6-15(20)11-13/h4-11H,12H2,1-3H3. The van der Waals surface area contributed by atoms with E-state index in [1.807, 2.05) is 36.4 Å². The Bertz CT molecular complexity index is 820. The lowest BCUT2D eigenvalue weighted by molar-refractivity contribution is 0.264. The van der Waals surface area contributed by atoms with E-state index in [1.165, 1.54) is 5.56 Å². The van der Waals surface area contributed by atoms with Gasteiger partial charge >= 0.3 is 0 Å². The molecule has 4 nitrogen and oxygen atoms in total. The number of halogens is 1. The Morgan fingerprint density at radius 1 is 1.04 bits per heavy atom. The van der Waals surface area contributed by atoms with E-state index in [1.54, 1.807) is 0 Å². The van der Waals surface area contributed by atoms with Crippen LogP contribution < -0.4 is 4.74 Å². The zero-order chi connectivity index (χ0) is 17.2. The summed E-state index contributed by atoms with van der Waals surface area (Å²) >= 11 is 3.43. The summed E-state index contributed by atoms with van der Waals surface area (Å²) < 4.78 is 12.4. The first-order valence-corrected chi connectivity index (χ1v) is 8.53. The summed E-state index contributed by atoms with van der Waals surface area (Å²) in [5.41, 5.74) is 2.27. The average molecular weight is 387 g/mol. The predicted molar refractivity (Wildman–Crippen MR) is 96.9 cm³/mol. The van der Waals surface area contributed by atoms with Crippen molar-refractivity contribution >= 4 is 15.9 Å². The number of hydrogen-bond donors (Lipinski definition) is 0. The maximum Gasteiger partial charge on any atom is 0.254 e. The summed E-state index contributed by atoms with van der Waals surface area (Å²) in [7, 11) is 0. The van der Waals surface area contributed by atoms with Gasteiger partial charge in [-0.2, -0.15) is 0 Å². The number of ether oxygens (including phenoxy) is 1. The fourth-order valence-corrected chi connectivity index (χ4v) is 2.65. The van der Waals surface area contributed by atoms with E-state index in [0.717, 1.165) is 15.8 Å². The second kappa shape index (κ2) is 6.77. The van der Waals surface area contributed by atoms with Gasteiger partial charge in [0.05, 0.1) is 0 Å². The Morgan fingerprint density at radius 3 is 2.46 bits per heavy atom. The van der Waals surface area contributed by atoms with Crippen molar-refractivity contribution < 1.29 is 9.15 Å². The highest BCUT2D eigenvalue weighted by Crippen LogP contribution is 2.25. The minimum atomic E-state index is 0.129. The van der Waals surface area contributed by atoms with Gasteiger partial charge in [-0.15, -0.1) is 10.2 Å². The first-order chi connectivity index (χ1) is 11.4. The van der Waals surface area contributed by atoms with Crippen molar-refractivity contribution in [2.45, 2.75) is 32.8 Å². The lowest BCUT2D eigenvalue weighted by Gasteiger charge is -2.19. The molecule has 0 N–H and O–H groups in total. The molecule has 124 valence electrons. The third-order valence-electron chi connectivity index (χ3n) is 3.62. The van der Waals surface area contributed by atoms with Crippen LogP contribution in [0.4, 0.5) is 0 Å². The number of benzene rings is 2. The van der Waals surface area contributed by atoms with Crippen LogP contribution in [0.1, 0.15) is 32.2 Å². The van der Waals surface area contributed by atoms with Crippen molar-refractivity contribution in [1.29, 1.82) is 0 Å². The van der Waals surface area contributed by atoms with Crippen LogP contribution >= 0.6 is 15.9 Å². The predicted octanol–water partition coefficient (Wildman–Crippen LogP) is 5.38. The van der Waals surface area contributed by atoms with Gasteiger partial charge in [0.1, 0.15) is 5.75 Å². The maximum atomic E-state index is 5.73. The molecule has 0 bridgehead atoms. The summed E-state index contributed by atoms with van der Waals surface area (Å²) in [5, 5.41) is 8.11. The van der Waals surface area contributed by atoms with E-state index >= 15 is 0 Å². The van der Waals surface area contributed by atoms with Crippen LogP contribution in [-0.4, -0.2) is 10.2 Å². The van der Waals surface area contributed by atoms with Gasteiger partial charge in [-0.05, 0) is 41.3 Å². The number of hydrogen-bond acceptors (Lipinski definition) is 4. The van der Waals surface area contributed by atoms with Gasteiger partial charge in [-0.25, -0.2) is 0 Å². The molecule has 0 aliphatic rings. The van der Waals surface area contributed by atoms with E-state index in [-0.39, 0.29) is 12.0 Å². The molecule has 5 heteroatoms.